The van der Waals surface area contributed by atoms with E-state index < -0.39 is 0 Å². The summed E-state index contributed by atoms with van der Waals surface area (Å²) in [7, 11) is 3.64. The molecule has 1 aromatic carbocycles. The summed E-state index contributed by atoms with van der Waals surface area (Å²) >= 11 is 11.9. The monoisotopic (exact) mass is 310 g/mol. The zero-order chi connectivity index (χ0) is 14.5. The molecule has 0 saturated heterocycles. The summed E-state index contributed by atoms with van der Waals surface area (Å²) in [5.41, 5.74) is 2.07. The van der Waals surface area contributed by atoms with Gasteiger partial charge in [0.05, 0.1) is 12.1 Å². The lowest BCUT2D eigenvalue weighted by atomic mass is 10.2. The number of benzene rings is 1. The minimum absolute atomic E-state index is 0.380. The van der Waals surface area contributed by atoms with Crippen molar-refractivity contribution < 1.29 is 4.74 Å². The summed E-state index contributed by atoms with van der Waals surface area (Å²) in [6, 6.07) is 9.88. The molecule has 0 unspecified atom stereocenters. The lowest BCUT2D eigenvalue weighted by Crippen LogP contribution is -2.17. The molecule has 0 fully saturated rings. The van der Waals surface area contributed by atoms with Gasteiger partial charge in [0.25, 0.3) is 0 Å². The Balaban J connectivity index is 2.12. The van der Waals surface area contributed by atoms with Crippen molar-refractivity contribution >= 4 is 29.0 Å². The Labute approximate surface area is 129 Å². The minimum atomic E-state index is 0.380. The summed E-state index contributed by atoms with van der Waals surface area (Å²) in [6.07, 6.45) is 1.64. The van der Waals surface area contributed by atoms with E-state index in [1.165, 1.54) is 5.56 Å². The molecule has 0 atom stereocenters. The summed E-state index contributed by atoms with van der Waals surface area (Å²) in [5, 5.41) is 0.599. The fourth-order valence-corrected chi connectivity index (χ4v) is 2.32. The van der Waals surface area contributed by atoms with Gasteiger partial charge >= 0.3 is 0 Å². The van der Waals surface area contributed by atoms with E-state index in [1.54, 1.807) is 13.3 Å². The lowest BCUT2D eigenvalue weighted by Gasteiger charge is -2.19. The minimum Gasteiger partial charge on any atom is -0.497 e. The third-order valence-corrected chi connectivity index (χ3v) is 3.66. The predicted octanol–water partition coefficient (Wildman–Crippen LogP) is 4.12. The number of anilines is 1. The van der Waals surface area contributed by atoms with E-state index in [2.05, 4.69) is 4.98 Å². The fraction of sp³-hybridized carbons (Fsp3) is 0.267. The second kappa shape index (κ2) is 6.82. The molecule has 0 aliphatic carbocycles. The quantitative estimate of drug-likeness (QED) is 0.777. The molecule has 1 aromatic heterocycles. The molecule has 0 N–H and O–H groups in total. The first-order chi connectivity index (χ1) is 9.63. The highest BCUT2D eigenvalue weighted by atomic mass is 35.5. The van der Waals surface area contributed by atoms with E-state index in [1.807, 2.05) is 42.3 Å². The summed E-state index contributed by atoms with van der Waals surface area (Å²) in [5.74, 6) is 2.08. The van der Waals surface area contributed by atoms with Gasteiger partial charge in [-0.2, -0.15) is 0 Å². The maximum absolute atomic E-state index is 6.02. The van der Waals surface area contributed by atoms with Crippen molar-refractivity contribution in [2.45, 2.75) is 12.4 Å². The van der Waals surface area contributed by atoms with Crippen LogP contribution in [0.25, 0.3) is 0 Å². The van der Waals surface area contributed by atoms with Crippen LogP contribution in [0.2, 0.25) is 5.02 Å². The first kappa shape index (κ1) is 14.9. The number of aromatic nitrogens is 1. The Hall–Kier alpha value is -1.45. The molecule has 1 heterocycles. The van der Waals surface area contributed by atoms with E-state index in [4.69, 9.17) is 27.9 Å². The van der Waals surface area contributed by atoms with Crippen LogP contribution < -0.4 is 9.64 Å². The van der Waals surface area contributed by atoms with Gasteiger partial charge < -0.3 is 9.64 Å². The number of methoxy groups -OCH3 is 1. The summed E-state index contributed by atoms with van der Waals surface area (Å²) < 4.78 is 5.15. The molecular weight excluding hydrogens is 295 g/mol. The molecule has 0 aliphatic rings. The standard InChI is InChI=1S/C15H16Cl2N2O/c1-19(10-11-3-5-13(20-2)6-4-11)15-7-12(8-16)14(17)9-18-15/h3-7,9H,8,10H2,1-2H3. The molecule has 0 bridgehead atoms. The van der Waals surface area contributed by atoms with Crippen molar-refractivity contribution in [3.63, 3.8) is 0 Å². The smallest absolute Gasteiger partial charge is 0.128 e. The zero-order valence-corrected chi connectivity index (χ0v) is 12.9. The Morgan fingerprint density at radius 1 is 1.25 bits per heavy atom. The maximum atomic E-state index is 6.02. The SMILES string of the molecule is COc1ccc(CN(C)c2cc(CCl)c(Cl)cn2)cc1. The first-order valence-electron chi connectivity index (χ1n) is 6.18. The van der Waals surface area contributed by atoms with Crippen LogP contribution in [-0.4, -0.2) is 19.1 Å². The molecule has 0 spiro atoms. The van der Waals surface area contributed by atoms with Crippen LogP contribution in [0.5, 0.6) is 5.75 Å². The third-order valence-electron chi connectivity index (χ3n) is 3.03. The Morgan fingerprint density at radius 2 is 1.95 bits per heavy atom. The molecule has 0 amide bonds. The van der Waals surface area contributed by atoms with Gasteiger partial charge in [-0.25, -0.2) is 4.98 Å². The van der Waals surface area contributed by atoms with Gasteiger partial charge in [-0.15, -0.1) is 11.6 Å². The number of halogens is 2. The first-order valence-corrected chi connectivity index (χ1v) is 7.09. The van der Waals surface area contributed by atoms with E-state index in [9.17, 15) is 0 Å². The average molecular weight is 311 g/mol. The molecule has 20 heavy (non-hydrogen) atoms. The van der Waals surface area contributed by atoms with Gasteiger partial charge in [-0.1, -0.05) is 23.7 Å². The van der Waals surface area contributed by atoms with E-state index in [0.717, 1.165) is 23.7 Å². The number of hydrogen-bond donors (Lipinski definition) is 0. The second-order valence-corrected chi connectivity index (χ2v) is 5.15. The van der Waals surface area contributed by atoms with Gasteiger partial charge in [-0.05, 0) is 29.3 Å². The largest absolute Gasteiger partial charge is 0.497 e. The van der Waals surface area contributed by atoms with Crippen LogP contribution >= 0.6 is 23.2 Å². The van der Waals surface area contributed by atoms with Crippen LogP contribution in [0.3, 0.4) is 0 Å². The number of nitrogens with zero attached hydrogens (tertiary/aromatic N) is 2. The van der Waals surface area contributed by atoms with Crippen molar-refractivity contribution in [2.75, 3.05) is 19.1 Å². The number of rotatable bonds is 5. The molecule has 0 aliphatic heterocycles. The van der Waals surface area contributed by atoms with E-state index >= 15 is 0 Å². The van der Waals surface area contributed by atoms with Crippen molar-refractivity contribution in [3.05, 3.63) is 52.7 Å². The van der Waals surface area contributed by atoms with Gasteiger partial charge in [0.2, 0.25) is 0 Å². The normalized spacial score (nSPS) is 10.4. The third kappa shape index (κ3) is 3.56. The van der Waals surface area contributed by atoms with Crippen molar-refractivity contribution in [2.24, 2.45) is 0 Å². The average Bonchev–Trinajstić information content (AvgIpc) is 2.48. The van der Waals surface area contributed by atoms with Crippen LogP contribution in [0, 0.1) is 0 Å². The molecule has 2 aromatic rings. The second-order valence-electron chi connectivity index (χ2n) is 4.47. The summed E-state index contributed by atoms with van der Waals surface area (Å²) in [4.78, 5) is 6.38. The molecule has 106 valence electrons. The fourth-order valence-electron chi connectivity index (χ4n) is 1.86. The highest BCUT2D eigenvalue weighted by molar-refractivity contribution is 6.32. The highest BCUT2D eigenvalue weighted by Gasteiger charge is 2.07. The molecule has 0 saturated carbocycles. The Kier molecular flexibility index (Phi) is 5.10. The maximum Gasteiger partial charge on any atom is 0.128 e. The topological polar surface area (TPSA) is 25.4 Å². The van der Waals surface area contributed by atoms with Gasteiger partial charge in [0.1, 0.15) is 11.6 Å². The number of pyridine rings is 1. The number of alkyl halides is 1. The zero-order valence-electron chi connectivity index (χ0n) is 11.4. The van der Waals surface area contributed by atoms with Crippen LogP contribution in [-0.2, 0) is 12.4 Å². The molecule has 5 heteroatoms. The Bertz CT molecular complexity index is 573. The van der Waals surface area contributed by atoms with Gasteiger partial charge in [0, 0.05) is 25.7 Å². The van der Waals surface area contributed by atoms with Crippen LogP contribution in [0.1, 0.15) is 11.1 Å². The van der Waals surface area contributed by atoms with E-state index in [0.29, 0.717) is 10.9 Å². The Morgan fingerprint density at radius 3 is 2.55 bits per heavy atom. The molecular formula is C15H16Cl2N2O. The van der Waals surface area contributed by atoms with E-state index in [-0.39, 0.29) is 0 Å². The van der Waals surface area contributed by atoms with Gasteiger partial charge in [-0.3, -0.25) is 0 Å². The van der Waals surface area contributed by atoms with Crippen molar-refractivity contribution in [3.8, 4) is 5.75 Å². The van der Waals surface area contributed by atoms with Crippen LogP contribution in [0.15, 0.2) is 36.5 Å². The van der Waals surface area contributed by atoms with Gasteiger partial charge in [0.15, 0.2) is 0 Å². The van der Waals surface area contributed by atoms with Crippen molar-refractivity contribution in [1.82, 2.24) is 4.98 Å². The highest BCUT2D eigenvalue weighted by Crippen LogP contribution is 2.22. The molecule has 3 nitrogen and oxygen atoms in total. The van der Waals surface area contributed by atoms with Crippen molar-refractivity contribution in [1.29, 1.82) is 0 Å². The number of hydrogen-bond acceptors (Lipinski definition) is 3. The number of ether oxygens (including phenoxy) is 1. The summed E-state index contributed by atoms with van der Waals surface area (Å²) in [6.45, 7) is 0.750. The predicted molar refractivity (Wildman–Crippen MR) is 83.9 cm³/mol. The molecule has 2 rings (SSSR count). The molecule has 0 radical (unpaired) electrons. The lowest BCUT2D eigenvalue weighted by molar-refractivity contribution is 0.414. The van der Waals surface area contributed by atoms with Crippen LogP contribution in [0.4, 0.5) is 5.82 Å².